The van der Waals surface area contributed by atoms with Crippen molar-refractivity contribution in [2.24, 2.45) is 0 Å². The second-order valence-electron chi connectivity index (χ2n) is 5.82. The highest BCUT2D eigenvalue weighted by Crippen LogP contribution is 2.18. The number of hydrogen-bond donors (Lipinski definition) is 1. The third-order valence-corrected chi connectivity index (χ3v) is 2.91. The first-order valence-electron chi connectivity index (χ1n) is 6.74. The molecule has 1 N–H and O–H groups in total. The molecule has 20 heavy (non-hydrogen) atoms. The molecule has 1 heterocycles. The van der Waals surface area contributed by atoms with Gasteiger partial charge in [0.25, 0.3) is 0 Å². The number of methoxy groups -OCH3 is 1. The fourth-order valence-electron chi connectivity index (χ4n) is 1.86. The van der Waals surface area contributed by atoms with E-state index in [0.717, 1.165) is 23.6 Å². The van der Waals surface area contributed by atoms with Crippen LogP contribution in [0.4, 0.5) is 0 Å². The van der Waals surface area contributed by atoms with E-state index in [-0.39, 0.29) is 5.54 Å². The van der Waals surface area contributed by atoms with E-state index in [4.69, 9.17) is 4.74 Å². The number of hydrogen-bond acceptors (Lipinski definition) is 4. The molecule has 0 aliphatic rings. The van der Waals surface area contributed by atoms with Gasteiger partial charge in [-0.05, 0) is 26.8 Å². The van der Waals surface area contributed by atoms with Gasteiger partial charge >= 0.3 is 0 Å². The molecule has 0 saturated heterocycles. The van der Waals surface area contributed by atoms with Crippen molar-refractivity contribution >= 4 is 0 Å². The summed E-state index contributed by atoms with van der Waals surface area (Å²) in [6, 6.07) is 7.95. The normalized spacial score (nSPS) is 11.6. The van der Waals surface area contributed by atoms with E-state index in [1.807, 2.05) is 35.1 Å². The van der Waals surface area contributed by atoms with Crippen molar-refractivity contribution in [3.8, 4) is 5.75 Å². The number of nitrogens with zero attached hydrogens (tertiary/aromatic N) is 3. The van der Waals surface area contributed by atoms with Gasteiger partial charge < -0.3 is 10.1 Å². The first-order chi connectivity index (χ1) is 9.48. The molecule has 1 aromatic heterocycles. The SMILES string of the molecule is COc1ccccc1Cn1cc(CNC(C)(C)C)nn1. The van der Waals surface area contributed by atoms with Gasteiger partial charge in [0.2, 0.25) is 0 Å². The lowest BCUT2D eigenvalue weighted by Gasteiger charge is -2.19. The van der Waals surface area contributed by atoms with E-state index in [2.05, 4.69) is 36.4 Å². The Morgan fingerprint density at radius 3 is 2.70 bits per heavy atom. The number of ether oxygens (including phenoxy) is 1. The quantitative estimate of drug-likeness (QED) is 0.908. The van der Waals surface area contributed by atoms with Crippen LogP contribution in [0.25, 0.3) is 0 Å². The highest BCUT2D eigenvalue weighted by atomic mass is 16.5. The summed E-state index contributed by atoms with van der Waals surface area (Å²) in [7, 11) is 1.68. The lowest BCUT2D eigenvalue weighted by Crippen LogP contribution is -2.35. The monoisotopic (exact) mass is 274 g/mol. The van der Waals surface area contributed by atoms with E-state index in [1.165, 1.54) is 0 Å². The highest BCUT2D eigenvalue weighted by molar-refractivity contribution is 5.33. The fraction of sp³-hybridized carbons (Fsp3) is 0.467. The molecule has 0 aliphatic carbocycles. The van der Waals surface area contributed by atoms with Crippen molar-refractivity contribution in [3.63, 3.8) is 0 Å². The van der Waals surface area contributed by atoms with Crippen molar-refractivity contribution in [2.45, 2.75) is 39.4 Å². The molecule has 5 heteroatoms. The van der Waals surface area contributed by atoms with E-state index in [1.54, 1.807) is 7.11 Å². The van der Waals surface area contributed by atoms with Crippen molar-refractivity contribution in [3.05, 3.63) is 41.7 Å². The molecule has 0 amide bonds. The lowest BCUT2D eigenvalue weighted by molar-refractivity contribution is 0.407. The molecule has 0 spiro atoms. The average molecular weight is 274 g/mol. The number of rotatable bonds is 5. The van der Waals surface area contributed by atoms with Crippen LogP contribution >= 0.6 is 0 Å². The Bertz CT molecular complexity index is 557. The molecule has 0 radical (unpaired) electrons. The Labute approximate surface area is 120 Å². The van der Waals surface area contributed by atoms with Gasteiger partial charge in [0, 0.05) is 17.6 Å². The van der Waals surface area contributed by atoms with E-state index in [0.29, 0.717) is 6.54 Å². The van der Waals surface area contributed by atoms with Crippen molar-refractivity contribution < 1.29 is 4.74 Å². The van der Waals surface area contributed by atoms with E-state index in [9.17, 15) is 0 Å². The maximum absolute atomic E-state index is 5.34. The van der Waals surface area contributed by atoms with Gasteiger partial charge in [0.05, 0.1) is 25.5 Å². The van der Waals surface area contributed by atoms with Gasteiger partial charge in [0.1, 0.15) is 5.75 Å². The lowest BCUT2D eigenvalue weighted by atomic mass is 10.1. The molecule has 0 unspecified atom stereocenters. The number of benzene rings is 1. The third kappa shape index (κ3) is 4.06. The third-order valence-electron chi connectivity index (χ3n) is 2.91. The minimum atomic E-state index is 0.0758. The largest absolute Gasteiger partial charge is 0.496 e. The van der Waals surface area contributed by atoms with Crippen molar-refractivity contribution in [1.29, 1.82) is 0 Å². The molecule has 0 saturated carbocycles. The Morgan fingerprint density at radius 2 is 2.00 bits per heavy atom. The average Bonchev–Trinajstić information content (AvgIpc) is 2.84. The van der Waals surface area contributed by atoms with E-state index >= 15 is 0 Å². The number of para-hydroxylation sites is 1. The molecular weight excluding hydrogens is 252 g/mol. The predicted molar refractivity (Wildman–Crippen MR) is 78.7 cm³/mol. The molecule has 0 fully saturated rings. The Morgan fingerprint density at radius 1 is 1.25 bits per heavy atom. The van der Waals surface area contributed by atoms with Crippen LogP contribution in [-0.2, 0) is 13.1 Å². The van der Waals surface area contributed by atoms with Crippen LogP contribution in [0, 0.1) is 0 Å². The molecule has 0 aliphatic heterocycles. The molecule has 0 bridgehead atoms. The second kappa shape index (κ2) is 6.05. The maximum Gasteiger partial charge on any atom is 0.123 e. The number of aromatic nitrogens is 3. The first-order valence-corrected chi connectivity index (χ1v) is 6.74. The number of nitrogens with one attached hydrogen (secondary N) is 1. The molecule has 5 nitrogen and oxygen atoms in total. The molecular formula is C15H22N4O. The zero-order valence-electron chi connectivity index (χ0n) is 12.6. The topological polar surface area (TPSA) is 52.0 Å². The summed E-state index contributed by atoms with van der Waals surface area (Å²) in [6.07, 6.45) is 1.96. The van der Waals surface area contributed by atoms with Gasteiger partial charge in [-0.1, -0.05) is 23.4 Å². The zero-order chi connectivity index (χ0) is 14.6. The van der Waals surface area contributed by atoms with Crippen molar-refractivity contribution in [1.82, 2.24) is 20.3 Å². The van der Waals surface area contributed by atoms with Gasteiger partial charge in [-0.2, -0.15) is 0 Å². The Balaban J connectivity index is 2.02. The maximum atomic E-state index is 5.34. The highest BCUT2D eigenvalue weighted by Gasteiger charge is 2.10. The van der Waals surface area contributed by atoms with E-state index < -0.39 is 0 Å². The zero-order valence-corrected chi connectivity index (χ0v) is 12.6. The summed E-state index contributed by atoms with van der Waals surface area (Å²) in [6.45, 7) is 7.77. The smallest absolute Gasteiger partial charge is 0.123 e. The summed E-state index contributed by atoms with van der Waals surface area (Å²) in [5.41, 5.74) is 2.11. The van der Waals surface area contributed by atoms with Gasteiger partial charge in [-0.15, -0.1) is 5.10 Å². The second-order valence-corrected chi connectivity index (χ2v) is 5.82. The van der Waals surface area contributed by atoms with Crippen molar-refractivity contribution in [2.75, 3.05) is 7.11 Å². The van der Waals surface area contributed by atoms with Crippen LogP contribution in [-0.4, -0.2) is 27.6 Å². The van der Waals surface area contributed by atoms with Crippen LogP contribution in [0.3, 0.4) is 0 Å². The summed E-state index contributed by atoms with van der Waals surface area (Å²) in [4.78, 5) is 0. The van der Waals surface area contributed by atoms with Gasteiger partial charge in [-0.25, -0.2) is 4.68 Å². The van der Waals surface area contributed by atoms with Gasteiger partial charge in [-0.3, -0.25) is 0 Å². The summed E-state index contributed by atoms with van der Waals surface area (Å²) in [5.74, 6) is 0.873. The fourth-order valence-corrected chi connectivity index (χ4v) is 1.86. The summed E-state index contributed by atoms with van der Waals surface area (Å²) in [5, 5.41) is 11.7. The van der Waals surface area contributed by atoms with Crippen LogP contribution < -0.4 is 10.1 Å². The summed E-state index contributed by atoms with van der Waals surface area (Å²) >= 11 is 0. The molecule has 2 rings (SSSR count). The minimum Gasteiger partial charge on any atom is -0.496 e. The standard InChI is InChI=1S/C15H22N4O/c1-15(2,3)16-9-13-11-19(18-17-13)10-12-7-5-6-8-14(12)20-4/h5-8,11,16H,9-10H2,1-4H3. The van der Waals surface area contributed by atoms with Crippen LogP contribution in [0.15, 0.2) is 30.5 Å². The molecule has 108 valence electrons. The van der Waals surface area contributed by atoms with Crippen LogP contribution in [0.2, 0.25) is 0 Å². The van der Waals surface area contributed by atoms with Crippen LogP contribution in [0.5, 0.6) is 5.75 Å². The first kappa shape index (κ1) is 14.5. The predicted octanol–water partition coefficient (Wildman–Crippen LogP) is 2.22. The Kier molecular flexibility index (Phi) is 4.39. The molecule has 2 aromatic rings. The van der Waals surface area contributed by atoms with Crippen LogP contribution in [0.1, 0.15) is 32.0 Å². The molecule has 1 aromatic carbocycles. The van der Waals surface area contributed by atoms with Gasteiger partial charge in [0.15, 0.2) is 0 Å². The summed E-state index contributed by atoms with van der Waals surface area (Å²) < 4.78 is 7.17. The Hall–Kier alpha value is -1.88. The molecule has 0 atom stereocenters. The minimum absolute atomic E-state index is 0.0758.